The van der Waals surface area contributed by atoms with E-state index in [1.54, 1.807) is 0 Å². The van der Waals surface area contributed by atoms with Gasteiger partial charge in [0, 0.05) is 24.4 Å². The van der Waals surface area contributed by atoms with Crippen LogP contribution < -0.4 is 4.90 Å². The van der Waals surface area contributed by atoms with Crippen molar-refractivity contribution in [2.75, 3.05) is 11.9 Å². The lowest BCUT2D eigenvalue weighted by atomic mass is 10.1. The van der Waals surface area contributed by atoms with Gasteiger partial charge in [-0.1, -0.05) is 66.2 Å². The molecule has 4 heteroatoms. The maximum Gasteiger partial charge on any atom is 0.159 e. The van der Waals surface area contributed by atoms with Crippen LogP contribution in [0.25, 0.3) is 10.8 Å². The van der Waals surface area contributed by atoms with Crippen LogP contribution >= 0.6 is 11.6 Å². The Morgan fingerprint density at radius 3 is 2.30 bits per heavy atom. The third-order valence-corrected chi connectivity index (χ3v) is 3.53. The number of anilines is 1. The van der Waals surface area contributed by atoms with Gasteiger partial charge in [0.15, 0.2) is 11.0 Å². The predicted octanol–water partition coefficient (Wildman–Crippen LogP) is 3.92. The van der Waals surface area contributed by atoms with Crippen LogP contribution in [0.2, 0.25) is 5.15 Å². The molecule has 3 aromatic rings. The van der Waals surface area contributed by atoms with Crippen LogP contribution in [0, 0.1) is 0 Å². The highest BCUT2D eigenvalue weighted by Gasteiger charge is 2.11. The van der Waals surface area contributed by atoms with Crippen LogP contribution in [0.3, 0.4) is 0 Å². The van der Waals surface area contributed by atoms with E-state index in [1.165, 1.54) is 5.56 Å². The van der Waals surface area contributed by atoms with E-state index in [1.807, 2.05) is 49.5 Å². The molecule has 0 amide bonds. The summed E-state index contributed by atoms with van der Waals surface area (Å²) in [7, 11) is 2.01. The minimum absolute atomic E-state index is 0.442. The molecule has 0 aliphatic heterocycles. The number of rotatable bonds is 3. The van der Waals surface area contributed by atoms with E-state index < -0.39 is 0 Å². The van der Waals surface area contributed by atoms with Crippen LogP contribution in [0.4, 0.5) is 5.82 Å². The zero-order valence-electron chi connectivity index (χ0n) is 11.1. The van der Waals surface area contributed by atoms with Crippen molar-refractivity contribution < 1.29 is 0 Å². The number of aromatic nitrogens is 2. The number of hydrogen-bond donors (Lipinski definition) is 0. The van der Waals surface area contributed by atoms with Crippen LogP contribution in [-0.4, -0.2) is 17.2 Å². The Bertz CT molecular complexity index is 728. The van der Waals surface area contributed by atoms with Crippen LogP contribution in [0.1, 0.15) is 5.56 Å². The minimum atomic E-state index is 0.442. The summed E-state index contributed by atoms with van der Waals surface area (Å²) in [5, 5.41) is 10.7. The molecular weight excluding hydrogens is 270 g/mol. The molecule has 0 saturated carbocycles. The molecule has 20 heavy (non-hydrogen) atoms. The molecule has 0 atom stereocenters. The maximum atomic E-state index is 6.10. The van der Waals surface area contributed by atoms with Gasteiger partial charge in [-0.15, -0.1) is 10.2 Å². The highest BCUT2D eigenvalue weighted by molar-refractivity contribution is 6.34. The first-order valence-electron chi connectivity index (χ1n) is 6.41. The van der Waals surface area contributed by atoms with E-state index in [9.17, 15) is 0 Å². The van der Waals surface area contributed by atoms with Crippen molar-refractivity contribution >= 4 is 28.2 Å². The van der Waals surface area contributed by atoms with Crippen molar-refractivity contribution in [1.82, 2.24) is 10.2 Å². The second kappa shape index (κ2) is 5.47. The van der Waals surface area contributed by atoms with Gasteiger partial charge in [-0.05, 0) is 5.56 Å². The quantitative estimate of drug-likeness (QED) is 0.729. The van der Waals surface area contributed by atoms with Gasteiger partial charge in [-0.3, -0.25) is 0 Å². The number of halogens is 1. The lowest BCUT2D eigenvalue weighted by Crippen LogP contribution is -2.18. The maximum absolute atomic E-state index is 6.10. The first kappa shape index (κ1) is 12.9. The minimum Gasteiger partial charge on any atom is -0.353 e. The molecule has 0 saturated heterocycles. The SMILES string of the molecule is CN(Cc1ccccc1)c1nnc(Cl)c2ccccc12. The summed E-state index contributed by atoms with van der Waals surface area (Å²) < 4.78 is 0. The van der Waals surface area contributed by atoms with Crippen molar-refractivity contribution in [3.8, 4) is 0 Å². The van der Waals surface area contributed by atoms with Crippen molar-refractivity contribution in [3.05, 3.63) is 65.3 Å². The largest absolute Gasteiger partial charge is 0.353 e. The molecule has 0 N–H and O–H groups in total. The normalized spacial score (nSPS) is 10.7. The summed E-state index contributed by atoms with van der Waals surface area (Å²) in [5.41, 5.74) is 1.23. The van der Waals surface area contributed by atoms with Gasteiger partial charge in [-0.2, -0.15) is 0 Å². The zero-order valence-corrected chi connectivity index (χ0v) is 11.9. The lowest BCUT2D eigenvalue weighted by Gasteiger charge is -2.19. The Morgan fingerprint density at radius 2 is 1.55 bits per heavy atom. The van der Waals surface area contributed by atoms with Gasteiger partial charge in [0.1, 0.15) is 0 Å². The Hall–Kier alpha value is -2.13. The van der Waals surface area contributed by atoms with Gasteiger partial charge in [0.25, 0.3) is 0 Å². The Kier molecular flexibility index (Phi) is 3.52. The van der Waals surface area contributed by atoms with Gasteiger partial charge >= 0.3 is 0 Å². The molecular formula is C16H14ClN3. The van der Waals surface area contributed by atoms with E-state index >= 15 is 0 Å². The van der Waals surface area contributed by atoms with Crippen LogP contribution in [0.5, 0.6) is 0 Å². The Labute approximate surface area is 122 Å². The molecule has 3 nitrogen and oxygen atoms in total. The second-order valence-electron chi connectivity index (χ2n) is 4.70. The molecule has 0 radical (unpaired) electrons. The smallest absolute Gasteiger partial charge is 0.159 e. The summed E-state index contributed by atoms with van der Waals surface area (Å²) in [6.07, 6.45) is 0. The molecule has 100 valence electrons. The average Bonchev–Trinajstić information content (AvgIpc) is 2.49. The molecule has 2 aromatic carbocycles. The van der Waals surface area contributed by atoms with E-state index in [0.717, 1.165) is 23.1 Å². The van der Waals surface area contributed by atoms with Crippen molar-refractivity contribution in [1.29, 1.82) is 0 Å². The molecule has 1 aromatic heterocycles. The van der Waals surface area contributed by atoms with Gasteiger partial charge in [0.2, 0.25) is 0 Å². The monoisotopic (exact) mass is 283 g/mol. The Morgan fingerprint density at radius 1 is 0.900 bits per heavy atom. The van der Waals surface area contributed by atoms with Crippen LogP contribution in [-0.2, 0) is 6.54 Å². The summed E-state index contributed by atoms with van der Waals surface area (Å²) in [4.78, 5) is 2.08. The predicted molar refractivity (Wildman–Crippen MR) is 83.1 cm³/mol. The zero-order chi connectivity index (χ0) is 13.9. The molecule has 0 fully saturated rings. The molecule has 3 rings (SSSR count). The average molecular weight is 284 g/mol. The van der Waals surface area contributed by atoms with Crippen LogP contribution in [0.15, 0.2) is 54.6 Å². The lowest BCUT2D eigenvalue weighted by molar-refractivity contribution is 0.876. The Balaban J connectivity index is 2.00. The van der Waals surface area contributed by atoms with Crippen molar-refractivity contribution in [2.45, 2.75) is 6.54 Å². The first-order chi connectivity index (χ1) is 9.75. The fraction of sp³-hybridized carbons (Fsp3) is 0.125. The van der Waals surface area contributed by atoms with E-state index in [-0.39, 0.29) is 0 Å². The second-order valence-corrected chi connectivity index (χ2v) is 5.06. The molecule has 1 heterocycles. The third kappa shape index (κ3) is 2.45. The molecule has 0 aliphatic carbocycles. The van der Waals surface area contributed by atoms with E-state index in [2.05, 4.69) is 27.2 Å². The topological polar surface area (TPSA) is 29.0 Å². The number of hydrogen-bond acceptors (Lipinski definition) is 3. The third-order valence-electron chi connectivity index (χ3n) is 3.25. The molecule has 0 bridgehead atoms. The summed E-state index contributed by atoms with van der Waals surface area (Å²) in [6, 6.07) is 18.2. The van der Waals surface area contributed by atoms with E-state index in [0.29, 0.717) is 5.15 Å². The summed E-state index contributed by atoms with van der Waals surface area (Å²) >= 11 is 6.10. The van der Waals surface area contributed by atoms with Gasteiger partial charge in [-0.25, -0.2) is 0 Å². The molecule has 0 unspecified atom stereocenters. The fourth-order valence-electron chi connectivity index (χ4n) is 2.27. The highest BCUT2D eigenvalue weighted by atomic mass is 35.5. The fourth-order valence-corrected chi connectivity index (χ4v) is 2.47. The summed E-state index contributed by atoms with van der Waals surface area (Å²) in [5.74, 6) is 0.842. The standard InChI is InChI=1S/C16H14ClN3/c1-20(11-12-7-3-2-4-8-12)16-14-10-6-5-9-13(14)15(17)18-19-16/h2-10H,11H2,1H3. The highest BCUT2D eigenvalue weighted by Crippen LogP contribution is 2.28. The first-order valence-corrected chi connectivity index (χ1v) is 6.79. The van der Waals surface area contributed by atoms with Crippen molar-refractivity contribution in [3.63, 3.8) is 0 Å². The van der Waals surface area contributed by atoms with Gasteiger partial charge < -0.3 is 4.90 Å². The van der Waals surface area contributed by atoms with E-state index in [4.69, 9.17) is 11.6 Å². The molecule has 0 spiro atoms. The molecule has 0 aliphatic rings. The number of benzene rings is 2. The summed E-state index contributed by atoms with van der Waals surface area (Å²) in [6.45, 7) is 0.779. The van der Waals surface area contributed by atoms with Gasteiger partial charge in [0.05, 0.1) is 0 Å². The van der Waals surface area contributed by atoms with Crippen molar-refractivity contribution in [2.24, 2.45) is 0 Å². The number of nitrogens with zero attached hydrogens (tertiary/aromatic N) is 3. The number of fused-ring (bicyclic) bond motifs is 1.